The number of furan rings is 1. The lowest BCUT2D eigenvalue weighted by Gasteiger charge is -2.29. The first kappa shape index (κ1) is 19.8. The molecule has 1 aliphatic rings. The molecule has 0 atom stereocenters. The van der Waals surface area contributed by atoms with Crippen molar-refractivity contribution >= 4 is 46.8 Å². The van der Waals surface area contributed by atoms with E-state index >= 15 is 0 Å². The molecule has 2 aromatic rings. The number of amides is 2. The summed E-state index contributed by atoms with van der Waals surface area (Å²) in [6.45, 7) is 9.56. The van der Waals surface area contributed by atoms with E-state index in [0.29, 0.717) is 17.3 Å². The van der Waals surface area contributed by atoms with Crippen LogP contribution in [0.4, 0.5) is 11.6 Å². The molecule has 0 aliphatic carbocycles. The zero-order chi connectivity index (χ0) is 20.4. The van der Waals surface area contributed by atoms with Gasteiger partial charge in [-0.25, -0.2) is 0 Å². The van der Waals surface area contributed by atoms with Crippen LogP contribution in [0.15, 0.2) is 40.3 Å². The second-order valence-corrected chi connectivity index (χ2v) is 7.04. The highest BCUT2D eigenvalue weighted by Crippen LogP contribution is 2.26. The van der Waals surface area contributed by atoms with Crippen LogP contribution in [-0.4, -0.2) is 30.0 Å². The molecule has 2 heterocycles. The summed E-state index contributed by atoms with van der Waals surface area (Å²) in [6.07, 6.45) is 1.46. The largest absolute Gasteiger partial charge is 0.441 e. The topological polar surface area (TPSA) is 65.8 Å². The van der Waals surface area contributed by atoms with Gasteiger partial charge < -0.3 is 9.32 Å². The van der Waals surface area contributed by atoms with Gasteiger partial charge in [-0.1, -0.05) is 6.07 Å². The Bertz CT molecular complexity index is 953. The summed E-state index contributed by atoms with van der Waals surface area (Å²) < 4.78 is 5.80. The predicted molar refractivity (Wildman–Crippen MR) is 114 cm³/mol. The Hall–Kier alpha value is -2.93. The maximum Gasteiger partial charge on any atom is 0.270 e. The minimum Gasteiger partial charge on any atom is -0.441 e. The molecule has 1 aromatic heterocycles. The van der Waals surface area contributed by atoms with Crippen LogP contribution in [0.5, 0.6) is 0 Å². The van der Waals surface area contributed by atoms with Crippen LogP contribution < -0.4 is 15.1 Å². The summed E-state index contributed by atoms with van der Waals surface area (Å²) >= 11 is 5.25. The first-order valence-electron chi connectivity index (χ1n) is 9.18. The molecule has 1 saturated heterocycles. The van der Waals surface area contributed by atoms with Crippen molar-refractivity contribution in [2.75, 3.05) is 22.9 Å². The van der Waals surface area contributed by atoms with Gasteiger partial charge >= 0.3 is 0 Å². The molecule has 146 valence electrons. The zero-order valence-electron chi connectivity index (χ0n) is 16.4. The van der Waals surface area contributed by atoms with Gasteiger partial charge in [-0.15, -0.1) is 0 Å². The predicted octanol–water partition coefficient (Wildman–Crippen LogP) is 3.57. The highest BCUT2D eigenvalue weighted by Gasteiger charge is 2.35. The molecular formula is C21H23N3O3S. The SMILES string of the molecule is CCN(CC)c1ccc(/C=C2/C(=O)NC(=S)N(c3cc(C)cc(C)c3)C2=O)o1. The number of hydrogen-bond donors (Lipinski definition) is 1. The number of benzene rings is 1. The fraction of sp³-hybridized carbons (Fsp3) is 0.286. The maximum atomic E-state index is 13.1. The van der Waals surface area contributed by atoms with Crippen LogP contribution in [0, 0.1) is 13.8 Å². The van der Waals surface area contributed by atoms with E-state index in [0.717, 1.165) is 24.2 Å². The van der Waals surface area contributed by atoms with Gasteiger partial charge in [0.25, 0.3) is 11.8 Å². The molecule has 0 bridgehead atoms. The summed E-state index contributed by atoms with van der Waals surface area (Å²) in [5.41, 5.74) is 2.61. The Labute approximate surface area is 169 Å². The number of aryl methyl sites for hydroxylation is 2. The lowest BCUT2D eigenvalue weighted by molar-refractivity contribution is -0.122. The number of carbonyl (C=O) groups excluding carboxylic acids is 2. The molecule has 0 radical (unpaired) electrons. The van der Waals surface area contributed by atoms with Gasteiger partial charge in [-0.2, -0.15) is 0 Å². The van der Waals surface area contributed by atoms with Crippen molar-refractivity contribution in [1.29, 1.82) is 0 Å². The lowest BCUT2D eigenvalue weighted by Crippen LogP contribution is -2.54. The normalized spacial score (nSPS) is 15.9. The highest BCUT2D eigenvalue weighted by molar-refractivity contribution is 7.80. The molecule has 2 amide bonds. The summed E-state index contributed by atoms with van der Waals surface area (Å²) in [4.78, 5) is 28.9. The van der Waals surface area contributed by atoms with Gasteiger partial charge in [0.15, 0.2) is 11.0 Å². The van der Waals surface area contributed by atoms with Crippen molar-refractivity contribution in [3.05, 3.63) is 52.8 Å². The first-order chi connectivity index (χ1) is 13.3. The Morgan fingerprint density at radius 2 is 1.75 bits per heavy atom. The first-order valence-corrected chi connectivity index (χ1v) is 9.59. The summed E-state index contributed by atoms with van der Waals surface area (Å²) in [5, 5.41) is 2.67. The maximum absolute atomic E-state index is 13.1. The molecule has 0 spiro atoms. The summed E-state index contributed by atoms with van der Waals surface area (Å²) in [6, 6.07) is 9.30. The minimum atomic E-state index is -0.531. The zero-order valence-corrected chi connectivity index (χ0v) is 17.2. The van der Waals surface area contributed by atoms with Gasteiger partial charge in [0.2, 0.25) is 0 Å². The van der Waals surface area contributed by atoms with Crippen LogP contribution in [0.25, 0.3) is 6.08 Å². The van der Waals surface area contributed by atoms with E-state index in [1.165, 1.54) is 11.0 Å². The summed E-state index contributed by atoms with van der Waals surface area (Å²) in [7, 11) is 0. The molecule has 6 nitrogen and oxygen atoms in total. The van der Waals surface area contributed by atoms with E-state index < -0.39 is 11.8 Å². The van der Waals surface area contributed by atoms with Gasteiger partial charge in [0, 0.05) is 19.2 Å². The third kappa shape index (κ3) is 3.84. The number of carbonyl (C=O) groups is 2. The number of nitrogens with zero attached hydrogens (tertiary/aromatic N) is 2. The highest BCUT2D eigenvalue weighted by atomic mass is 32.1. The quantitative estimate of drug-likeness (QED) is 0.475. The second kappa shape index (κ2) is 7.98. The molecule has 1 aliphatic heterocycles. The van der Waals surface area contributed by atoms with Gasteiger partial charge in [-0.05, 0) is 75.3 Å². The molecule has 1 aromatic carbocycles. The van der Waals surface area contributed by atoms with Crippen LogP contribution in [-0.2, 0) is 9.59 Å². The fourth-order valence-electron chi connectivity index (χ4n) is 3.24. The average molecular weight is 398 g/mol. The van der Waals surface area contributed by atoms with Crippen molar-refractivity contribution in [3.8, 4) is 0 Å². The molecule has 3 rings (SSSR count). The van der Waals surface area contributed by atoms with Crippen molar-refractivity contribution < 1.29 is 14.0 Å². The van der Waals surface area contributed by atoms with Crippen molar-refractivity contribution in [3.63, 3.8) is 0 Å². The number of thiocarbonyl (C=S) groups is 1. The number of hydrogen-bond acceptors (Lipinski definition) is 5. The molecule has 1 N–H and O–H groups in total. The fourth-order valence-corrected chi connectivity index (χ4v) is 3.52. The van der Waals surface area contributed by atoms with Crippen LogP contribution in [0.2, 0.25) is 0 Å². The molecular weight excluding hydrogens is 374 g/mol. The van der Waals surface area contributed by atoms with Crippen LogP contribution in [0.1, 0.15) is 30.7 Å². The average Bonchev–Trinajstić information content (AvgIpc) is 3.07. The van der Waals surface area contributed by atoms with E-state index in [4.69, 9.17) is 16.6 Å². The van der Waals surface area contributed by atoms with Crippen LogP contribution in [0.3, 0.4) is 0 Å². The van der Waals surface area contributed by atoms with E-state index in [1.807, 2.05) is 56.9 Å². The van der Waals surface area contributed by atoms with Crippen molar-refractivity contribution in [2.45, 2.75) is 27.7 Å². The number of rotatable bonds is 5. The standard InChI is InChI=1S/C21H23N3O3S/c1-5-23(6-2)18-8-7-16(27-18)12-17-19(25)22-21(28)24(20(17)26)15-10-13(3)9-14(4)11-15/h7-12H,5-6H2,1-4H3,(H,22,25,28)/b17-12-. The van der Waals surface area contributed by atoms with Gasteiger partial charge in [0.1, 0.15) is 11.3 Å². The van der Waals surface area contributed by atoms with Crippen molar-refractivity contribution in [2.24, 2.45) is 0 Å². The Morgan fingerprint density at radius 3 is 2.36 bits per heavy atom. The van der Waals surface area contributed by atoms with Crippen LogP contribution >= 0.6 is 12.2 Å². The smallest absolute Gasteiger partial charge is 0.270 e. The lowest BCUT2D eigenvalue weighted by atomic mass is 10.1. The second-order valence-electron chi connectivity index (χ2n) is 6.65. The Kier molecular flexibility index (Phi) is 5.65. The molecule has 0 unspecified atom stereocenters. The number of nitrogens with one attached hydrogen (secondary N) is 1. The third-order valence-corrected chi connectivity index (χ3v) is 4.83. The van der Waals surface area contributed by atoms with Crippen molar-refractivity contribution in [1.82, 2.24) is 5.32 Å². The molecule has 7 heteroatoms. The van der Waals surface area contributed by atoms with Gasteiger partial charge in [0.05, 0.1) is 5.69 Å². The molecule has 1 fully saturated rings. The van der Waals surface area contributed by atoms with E-state index in [9.17, 15) is 9.59 Å². The Morgan fingerprint density at radius 1 is 1.11 bits per heavy atom. The Balaban J connectivity index is 1.97. The molecule has 28 heavy (non-hydrogen) atoms. The van der Waals surface area contributed by atoms with E-state index in [1.54, 1.807) is 6.07 Å². The monoisotopic (exact) mass is 397 g/mol. The van der Waals surface area contributed by atoms with E-state index in [-0.39, 0.29) is 10.7 Å². The third-order valence-electron chi connectivity index (χ3n) is 4.54. The number of anilines is 2. The van der Waals surface area contributed by atoms with E-state index in [2.05, 4.69) is 5.32 Å². The van der Waals surface area contributed by atoms with Gasteiger partial charge in [-0.3, -0.25) is 19.8 Å². The minimum absolute atomic E-state index is 0.0202. The summed E-state index contributed by atoms with van der Waals surface area (Å²) in [5.74, 6) is 0.131. The molecule has 0 saturated carbocycles.